The van der Waals surface area contributed by atoms with Crippen LogP contribution in [0.4, 0.5) is 11.6 Å². The molecule has 0 saturated heterocycles. The van der Waals surface area contributed by atoms with Crippen molar-refractivity contribution in [2.45, 2.75) is 31.2 Å². The molecule has 4 N–H and O–H groups in total. The summed E-state index contributed by atoms with van der Waals surface area (Å²) in [5.41, 5.74) is 14.0. The fraction of sp³-hybridized carbons (Fsp3) is 0.267. The Labute approximate surface area is 128 Å². The molecule has 2 rings (SSSR count). The Bertz CT molecular complexity index is 667. The number of nitrogens with two attached hydrogens (primary N) is 2. The van der Waals surface area contributed by atoms with E-state index < -0.39 is 0 Å². The highest BCUT2D eigenvalue weighted by molar-refractivity contribution is 8.00. The van der Waals surface area contributed by atoms with Crippen molar-refractivity contribution < 1.29 is 4.79 Å². The zero-order valence-electron chi connectivity index (χ0n) is 12.3. The quantitative estimate of drug-likeness (QED) is 0.512. The van der Waals surface area contributed by atoms with Crippen LogP contribution in [0.1, 0.15) is 28.4 Å². The molecule has 1 heterocycles. The van der Waals surface area contributed by atoms with Crippen LogP contribution in [0.5, 0.6) is 0 Å². The van der Waals surface area contributed by atoms with Crippen LogP contribution in [-0.4, -0.2) is 21.0 Å². The van der Waals surface area contributed by atoms with Gasteiger partial charge in [-0.05, 0) is 32.4 Å². The van der Waals surface area contributed by atoms with Crippen molar-refractivity contribution in [2.24, 2.45) is 0 Å². The second-order valence-electron chi connectivity index (χ2n) is 4.94. The normalized spacial score (nSPS) is 12.1. The predicted octanol–water partition coefficient (Wildman–Crippen LogP) is 2.62. The number of Topliss-reactive ketones (excluding diaryl/α,β-unsaturated/α-hetero) is 1. The van der Waals surface area contributed by atoms with Crippen LogP contribution >= 0.6 is 11.8 Å². The fourth-order valence-corrected chi connectivity index (χ4v) is 2.81. The maximum atomic E-state index is 12.6. The number of ketones is 1. The third-order valence-corrected chi connectivity index (χ3v) is 4.02. The molecule has 1 atom stereocenters. The summed E-state index contributed by atoms with van der Waals surface area (Å²) in [7, 11) is 0. The van der Waals surface area contributed by atoms with E-state index in [1.165, 1.54) is 17.8 Å². The van der Waals surface area contributed by atoms with Gasteiger partial charge in [0, 0.05) is 11.6 Å². The molecule has 1 aromatic carbocycles. The number of aryl methyl sites for hydroxylation is 2. The summed E-state index contributed by atoms with van der Waals surface area (Å²) in [4.78, 5) is 20.7. The zero-order valence-corrected chi connectivity index (χ0v) is 13.1. The molecular formula is C15H18N4OS. The van der Waals surface area contributed by atoms with Crippen LogP contribution in [0.15, 0.2) is 29.4 Å². The summed E-state index contributed by atoms with van der Waals surface area (Å²) >= 11 is 1.26. The van der Waals surface area contributed by atoms with Gasteiger partial charge in [0.05, 0.1) is 5.25 Å². The molecule has 1 unspecified atom stereocenters. The number of thioether (sulfide) groups is 1. The molecular weight excluding hydrogens is 284 g/mol. The molecule has 21 heavy (non-hydrogen) atoms. The molecule has 5 nitrogen and oxygen atoms in total. The average molecular weight is 302 g/mol. The third-order valence-electron chi connectivity index (χ3n) is 3.06. The van der Waals surface area contributed by atoms with Gasteiger partial charge in [0.1, 0.15) is 11.6 Å². The number of carbonyl (C=O) groups excluding carboxylic acids is 1. The van der Waals surface area contributed by atoms with Crippen molar-refractivity contribution >= 4 is 29.2 Å². The number of hydrogen-bond donors (Lipinski definition) is 2. The summed E-state index contributed by atoms with van der Waals surface area (Å²) in [6.45, 7) is 5.73. The van der Waals surface area contributed by atoms with Crippen molar-refractivity contribution in [2.75, 3.05) is 11.5 Å². The molecule has 1 aromatic heterocycles. The molecule has 0 aliphatic rings. The minimum atomic E-state index is -0.313. The first kappa shape index (κ1) is 15.3. The van der Waals surface area contributed by atoms with E-state index in [4.69, 9.17) is 11.5 Å². The van der Waals surface area contributed by atoms with Crippen molar-refractivity contribution in [3.63, 3.8) is 0 Å². The Kier molecular flexibility index (Phi) is 4.47. The molecule has 0 aliphatic heterocycles. The largest absolute Gasteiger partial charge is 0.383 e. The molecule has 6 heteroatoms. The van der Waals surface area contributed by atoms with E-state index in [1.807, 2.05) is 39.0 Å². The van der Waals surface area contributed by atoms with Gasteiger partial charge in [0.25, 0.3) is 0 Å². The first-order valence-corrected chi connectivity index (χ1v) is 7.43. The molecule has 2 aromatic rings. The van der Waals surface area contributed by atoms with E-state index >= 15 is 0 Å². The van der Waals surface area contributed by atoms with Gasteiger partial charge in [0.2, 0.25) is 0 Å². The summed E-state index contributed by atoms with van der Waals surface area (Å²) in [5, 5.41) is 0.102. The van der Waals surface area contributed by atoms with Crippen LogP contribution in [0.3, 0.4) is 0 Å². The van der Waals surface area contributed by atoms with Gasteiger partial charge in [-0.1, -0.05) is 29.5 Å². The van der Waals surface area contributed by atoms with E-state index in [9.17, 15) is 4.79 Å². The van der Waals surface area contributed by atoms with Gasteiger partial charge in [-0.25, -0.2) is 9.97 Å². The van der Waals surface area contributed by atoms with Crippen LogP contribution in [0.2, 0.25) is 0 Å². The highest BCUT2D eigenvalue weighted by Gasteiger charge is 2.20. The summed E-state index contributed by atoms with van der Waals surface area (Å²) in [5.74, 6) is 0.651. The Hall–Kier alpha value is -2.08. The minimum absolute atomic E-state index is 0.0470. The number of anilines is 2. The molecule has 0 amide bonds. The van der Waals surface area contributed by atoms with Crippen molar-refractivity contribution in [3.05, 3.63) is 41.0 Å². The van der Waals surface area contributed by atoms with Crippen molar-refractivity contribution in [3.8, 4) is 0 Å². The smallest absolute Gasteiger partial charge is 0.192 e. The molecule has 0 saturated carbocycles. The number of aromatic nitrogens is 2. The molecule has 0 spiro atoms. The van der Waals surface area contributed by atoms with Crippen molar-refractivity contribution in [1.82, 2.24) is 9.97 Å². The first-order chi connectivity index (χ1) is 9.86. The second-order valence-corrected chi connectivity index (χ2v) is 6.25. The Morgan fingerprint density at radius 2 is 1.76 bits per heavy atom. The SMILES string of the molecule is Cc1ccc(C)c(C(=O)C(C)Sc2nc(N)cc(N)n2)c1. The van der Waals surface area contributed by atoms with Crippen LogP contribution < -0.4 is 11.5 Å². The molecule has 110 valence electrons. The van der Waals surface area contributed by atoms with Gasteiger partial charge in [-0.2, -0.15) is 0 Å². The minimum Gasteiger partial charge on any atom is -0.383 e. The Morgan fingerprint density at radius 3 is 2.38 bits per heavy atom. The van der Waals surface area contributed by atoms with E-state index in [1.54, 1.807) is 0 Å². The lowest BCUT2D eigenvalue weighted by Gasteiger charge is -2.12. The highest BCUT2D eigenvalue weighted by atomic mass is 32.2. The molecule has 0 fully saturated rings. The summed E-state index contributed by atoms with van der Waals surface area (Å²) in [6, 6.07) is 7.34. The zero-order chi connectivity index (χ0) is 15.6. The first-order valence-electron chi connectivity index (χ1n) is 6.55. The second kappa shape index (κ2) is 6.13. The van der Waals surface area contributed by atoms with Gasteiger partial charge >= 0.3 is 0 Å². The van der Waals surface area contributed by atoms with Gasteiger partial charge in [-0.3, -0.25) is 4.79 Å². The summed E-state index contributed by atoms with van der Waals surface area (Å²) < 4.78 is 0. The molecule has 0 aliphatic carbocycles. The highest BCUT2D eigenvalue weighted by Crippen LogP contribution is 2.25. The number of hydrogen-bond acceptors (Lipinski definition) is 6. The Balaban J connectivity index is 2.21. The van der Waals surface area contributed by atoms with E-state index in [0.29, 0.717) is 16.8 Å². The number of carbonyl (C=O) groups is 1. The number of rotatable bonds is 4. The monoisotopic (exact) mass is 302 g/mol. The lowest BCUT2D eigenvalue weighted by Crippen LogP contribution is -2.16. The lowest BCUT2D eigenvalue weighted by atomic mass is 10.0. The number of benzene rings is 1. The fourth-order valence-electron chi connectivity index (χ4n) is 1.95. The third kappa shape index (κ3) is 3.72. The van der Waals surface area contributed by atoms with E-state index in [-0.39, 0.29) is 11.0 Å². The average Bonchev–Trinajstić information content (AvgIpc) is 2.39. The maximum Gasteiger partial charge on any atom is 0.192 e. The van der Waals surface area contributed by atoms with E-state index in [2.05, 4.69) is 9.97 Å². The predicted molar refractivity (Wildman–Crippen MR) is 86.4 cm³/mol. The van der Waals surface area contributed by atoms with Crippen LogP contribution in [0, 0.1) is 13.8 Å². The maximum absolute atomic E-state index is 12.6. The lowest BCUT2D eigenvalue weighted by molar-refractivity contribution is 0.0993. The van der Waals surface area contributed by atoms with Crippen LogP contribution in [-0.2, 0) is 0 Å². The topological polar surface area (TPSA) is 94.9 Å². The van der Waals surface area contributed by atoms with E-state index in [0.717, 1.165) is 16.7 Å². The number of nitrogen functional groups attached to an aromatic ring is 2. The van der Waals surface area contributed by atoms with Gasteiger partial charge in [-0.15, -0.1) is 0 Å². The van der Waals surface area contributed by atoms with Crippen LogP contribution in [0.25, 0.3) is 0 Å². The Morgan fingerprint density at radius 1 is 1.14 bits per heavy atom. The molecule has 0 bridgehead atoms. The van der Waals surface area contributed by atoms with Gasteiger partial charge in [0.15, 0.2) is 10.9 Å². The standard InChI is InChI=1S/C15H18N4OS/c1-8-4-5-9(2)11(6-8)14(20)10(3)21-15-18-12(16)7-13(17)19-15/h4-7,10H,1-3H3,(H4,16,17,18,19). The van der Waals surface area contributed by atoms with Gasteiger partial charge < -0.3 is 11.5 Å². The van der Waals surface area contributed by atoms with Crippen molar-refractivity contribution in [1.29, 1.82) is 0 Å². The summed E-state index contributed by atoms with van der Waals surface area (Å²) in [6.07, 6.45) is 0. The molecule has 0 radical (unpaired) electrons. The number of nitrogens with zero attached hydrogens (tertiary/aromatic N) is 2.